The van der Waals surface area contributed by atoms with E-state index in [-0.39, 0.29) is 23.6 Å². The molecule has 0 radical (unpaired) electrons. The Bertz CT molecular complexity index is 630. The number of carbonyl (C=O) groups excluding carboxylic acids is 3. The lowest BCUT2D eigenvalue weighted by atomic mass is 9.97. The summed E-state index contributed by atoms with van der Waals surface area (Å²) in [7, 11) is 0. The van der Waals surface area contributed by atoms with Gasteiger partial charge in [-0.2, -0.15) is 0 Å². The number of thiophene rings is 1. The Balaban J connectivity index is 1.65. The molecule has 0 bridgehead atoms. The molecule has 1 atom stereocenters. The van der Waals surface area contributed by atoms with Gasteiger partial charge >= 0.3 is 0 Å². The molecular weight excluding hydrogens is 324 g/mol. The van der Waals surface area contributed by atoms with Gasteiger partial charge in [-0.05, 0) is 44.2 Å². The van der Waals surface area contributed by atoms with E-state index in [9.17, 15) is 14.4 Å². The van der Waals surface area contributed by atoms with Crippen molar-refractivity contribution in [3.05, 3.63) is 21.9 Å². The van der Waals surface area contributed by atoms with Crippen LogP contribution in [0.4, 0.5) is 0 Å². The van der Waals surface area contributed by atoms with E-state index < -0.39 is 6.04 Å². The van der Waals surface area contributed by atoms with Crippen molar-refractivity contribution >= 4 is 28.9 Å². The molecule has 24 heavy (non-hydrogen) atoms. The number of carbonyl (C=O) groups is 3. The van der Waals surface area contributed by atoms with E-state index in [1.165, 1.54) is 31.1 Å². The largest absolute Gasteiger partial charge is 0.352 e. The maximum Gasteiger partial charge on any atom is 0.262 e. The molecule has 130 valence electrons. The number of Topliss-reactive ketones (excluding diaryl/α,β-unsaturated/α-hetero) is 1. The molecule has 1 aromatic rings. The van der Waals surface area contributed by atoms with Crippen LogP contribution in [0.5, 0.6) is 0 Å². The van der Waals surface area contributed by atoms with Crippen LogP contribution in [0, 0.1) is 5.92 Å². The Labute approximate surface area is 146 Å². The molecule has 2 aliphatic rings. The van der Waals surface area contributed by atoms with Crippen LogP contribution < -0.4 is 10.6 Å². The second-order valence-electron chi connectivity index (χ2n) is 6.92. The SMILES string of the molecule is CC(=O)c1ccc(C(=O)NC(CC2CCCC2)C(=O)NC2CC2)s1. The third-order valence-electron chi connectivity index (χ3n) is 4.77. The predicted molar refractivity (Wildman–Crippen MR) is 93.3 cm³/mol. The molecule has 1 unspecified atom stereocenters. The van der Waals surface area contributed by atoms with Crippen molar-refractivity contribution < 1.29 is 14.4 Å². The molecule has 6 heteroatoms. The summed E-state index contributed by atoms with van der Waals surface area (Å²) in [5, 5.41) is 5.90. The zero-order valence-electron chi connectivity index (χ0n) is 14.0. The van der Waals surface area contributed by atoms with Crippen molar-refractivity contribution in [2.45, 2.75) is 64.0 Å². The highest BCUT2D eigenvalue weighted by Gasteiger charge is 2.31. The van der Waals surface area contributed by atoms with Gasteiger partial charge in [0.25, 0.3) is 5.91 Å². The van der Waals surface area contributed by atoms with Crippen LogP contribution >= 0.6 is 11.3 Å². The van der Waals surface area contributed by atoms with Crippen molar-refractivity contribution in [3.63, 3.8) is 0 Å². The minimum absolute atomic E-state index is 0.0481. The minimum Gasteiger partial charge on any atom is -0.352 e. The minimum atomic E-state index is -0.482. The van der Waals surface area contributed by atoms with Crippen LogP contribution in [0.15, 0.2) is 12.1 Å². The standard InChI is InChI=1S/C18H24N2O3S/c1-11(21)15-8-9-16(24-15)18(23)20-14(10-12-4-2-3-5-12)17(22)19-13-6-7-13/h8-9,12-14H,2-7,10H2,1H3,(H,19,22)(H,20,23). The van der Waals surface area contributed by atoms with Gasteiger partial charge in [0.05, 0.1) is 9.75 Å². The number of hydrogen-bond donors (Lipinski definition) is 2. The van der Waals surface area contributed by atoms with E-state index in [1.807, 2.05) is 0 Å². The van der Waals surface area contributed by atoms with Gasteiger partial charge in [0.2, 0.25) is 5.91 Å². The first kappa shape index (κ1) is 17.1. The third kappa shape index (κ3) is 4.44. The van der Waals surface area contributed by atoms with Gasteiger partial charge in [-0.1, -0.05) is 25.7 Å². The smallest absolute Gasteiger partial charge is 0.262 e. The van der Waals surface area contributed by atoms with E-state index in [0.29, 0.717) is 22.1 Å². The normalized spacial score (nSPS) is 19.0. The Morgan fingerprint density at radius 3 is 2.38 bits per heavy atom. The highest BCUT2D eigenvalue weighted by molar-refractivity contribution is 7.15. The molecule has 2 fully saturated rings. The first-order valence-corrected chi connectivity index (χ1v) is 9.56. The lowest BCUT2D eigenvalue weighted by molar-refractivity contribution is -0.123. The highest BCUT2D eigenvalue weighted by Crippen LogP contribution is 2.29. The van der Waals surface area contributed by atoms with Crippen LogP contribution in [0.3, 0.4) is 0 Å². The molecule has 1 aromatic heterocycles. The molecule has 2 aliphatic carbocycles. The van der Waals surface area contributed by atoms with Crippen molar-refractivity contribution in [2.24, 2.45) is 5.92 Å². The topological polar surface area (TPSA) is 75.3 Å². The maximum absolute atomic E-state index is 12.5. The van der Waals surface area contributed by atoms with Gasteiger partial charge in [0, 0.05) is 6.04 Å². The summed E-state index contributed by atoms with van der Waals surface area (Å²) in [5.74, 6) is 0.131. The summed E-state index contributed by atoms with van der Waals surface area (Å²) < 4.78 is 0. The van der Waals surface area contributed by atoms with Gasteiger partial charge in [-0.15, -0.1) is 11.3 Å². The molecule has 1 heterocycles. The fourth-order valence-electron chi connectivity index (χ4n) is 3.22. The average Bonchev–Trinajstić information content (AvgIpc) is 3.05. The fourth-order valence-corrected chi connectivity index (χ4v) is 4.02. The Morgan fingerprint density at radius 2 is 1.79 bits per heavy atom. The van der Waals surface area contributed by atoms with E-state index in [1.54, 1.807) is 12.1 Å². The predicted octanol–water partition coefficient (Wildman–Crippen LogP) is 2.91. The first-order valence-electron chi connectivity index (χ1n) is 8.75. The van der Waals surface area contributed by atoms with Gasteiger partial charge in [-0.25, -0.2) is 0 Å². The quantitative estimate of drug-likeness (QED) is 0.744. The van der Waals surface area contributed by atoms with Gasteiger partial charge in [0.1, 0.15) is 6.04 Å². The Morgan fingerprint density at radius 1 is 1.12 bits per heavy atom. The van der Waals surface area contributed by atoms with Crippen molar-refractivity contribution in [3.8, 4) is 0 Å². The Kier molecular flexibility index (Phi) is 5.33. The second kappa shape index (κ2) is 7.47. The van der Waals surface area contributed by atoms with Crippen LogP contribution in [-0.2, 0) is 4.79 Å². The summed E-state index contributed by atoms with van der Waals surface area (Å²) >= 11 is 1.18. The number of ketones is 1. The summed E-state index contributed by atoms with van der Waals surface area (Å²) in [5.41, 5.74) is 0. The molecule has 0 saturated heterocycles. The lowest BCUT2D eigenvalue weighted by Gasteiger charge is -2.21. The van der Waals surface area contributed by atoms with Crippen LogP contribution in [0.25, 0.3) is 0 Å². The zero-order valence-corrected chi connectivity index (χ0v) is 14.8. The second-order valence-corrected chi connectivity index (χ2v) is 8.00. The monoisotopic (exact) mass is 348 g/mol. The van der Waals surface area contributed by atoms with E-state index >= 15 is 0 Å². The van der Waals surface area contributed by atoms with Crippen LogP contribution in [0.1, 0.15) is 71.2 Å². The van der Waals surface area contributed by atoms with E-state index in [0.717, 1.165) is 25.7 Å². The van der Waals surface area contributed by atoms with E-state index in [2.05, 4.69) is 10.6 Å². The van der Waals surface area contributed by atoms with Crippen molar-refractivity contribution in [1.82, 2.24) is 10.6 Å². The molecule has 2 amide bonds. The highest BCUT2D eigenvalue weighted by atomic mass is 32.1. The van der Waals surface area contributed by atoms with Crippen molar-refractivity contribution in [2.75, 3.05) is 0 Å². The fraction of sp³-hybridized carbons (Fsp3) is 0.611. The van der Waals surface area contributed by atoms with Crippen molar-refractivity contribution in [1.29, 1.82) is 0 Å². The van der Waals surface area contributed by atoms with Crippen LogP contribution in [0.2, 0.25) is 0 Å². The summed E-state index contributed by atoms with van der Waals surface area (Å²) in [6.07, 6.45) is 7.46. The lowest BCUT2D eigenvalue weighted by Crippen LogP contribution is -2.48. The third-order valence-corrected chi connectivity index (χ3v) is 5.95. The summed E-state index contributed by atoms with van der Waals surface area (Å²) in [4.78, 5) is 37.4. The number of amides is 2. The van der Waals surface area contributed by atoms with Gasteiger partial charge in [-0.3, -0.25) is 14.4 Å². The maximum atomic E-state index is 12.5. The number of rotatable bonds is 7. The summed E-state index contributed by atoms with van der Waals surface area (Å²) in [6, 6.07) is 3.12. The molecule has 2 saturated carbocycles. The number of nitrogens with one attached hydrogen (secondary N) is 2. The van der Waals surface area contributed by atoms with Crippen LogP contribution in [-0.4, -0.2) is 29.7 Å². The molecule has 5 nitrogen and oxygen atoms in total. The molecular formula is C18H24N2O3S. The Hall–Kier alpha value is -1.69. The average molecular weight is 348 g/mol. The van der Waals surface area contributed by atoms with Gasteiger partial charge < -0.3 is 10.6 Å². The summed E-state index contributed by atoms with van der Waals surface area (Å²) in [6.45, 7) is 1.49. The van der Waals surface area contributed by atoms with Gasteiger partial charge in [0.15, 0.2) is 5.78 Å². The first-order chi connectivity index (χ1) is 11.5. The molecule has 0 spiro atoms. The molecule has 0 aromatic carbocycles. The molecule has 3 rings (SSSR count). The zero-order chi connectivity index (χ0) is 17.1. The molecule has 2 N–H and O–H groups in total. The molecule has 0 aliphatic heterocycles. The number of hydrogen-bond acceptors (Lipinski definition) is 4. The van der Waals surface area contributed by atoms with E-state index in [4.69, 9.17) is 0 Å².